The molecule has 8 nitrogen and oxygen atoms in total. The topological polar surface area (TPSA) is 79.1 Å². The average Bonchev–Trinajstić information content (AvgIpc) is 2.76. The molecule has 1 saturated heterocycles. The molecule has 1 saturated carbocycles. The molecule has 2 heterocycles. The van der Waals surface area contributed by atoms with Gasteiger partial charge in [-0.25, -0.2) is 0 Å². The van der Waals surface area contributed by atoms with Crippen LogP contribution in [0.1, 0.15) is 56.9 Å². The fraction of sp³-hybridized carbons (Fsp3) is 0.783. The third-order valence-electron chi connectivity index (χ3n) is 6.55. The lowest BCUT2D eigenvalue weighted by molar-refractivity contribution is -0.839. The molecule has 2 unspecified atom stereocenters. The summed E-state index contributed by atoms with van der Waals surface area (Å²) < 4.78 is 1.87. The molecule has 0 bridgehead atoms. The molecule has 1 N–H and O–H groups in total. The van der Waals surface area contributed by atoms with Crippen LogP contribution >= 0.6 is 0 Å². The zero-order chi connectivity index (χ0) is 22.2. The molecule has 0 aromatic carbocycles. The third kappa shape index (κ3) is 6.53. The second kappa shape index (κ2) is 11.6. The van der Waals surface area contributed by atoms with Crippen molar-refractivity contribution in [2.24, 2.45) is 20.5 Å². The summed E-state index contributed by atoms with van der Waals surface area (Å²) in [6.45, 7) is 5.77. The SMILES string of the molecule is CN=NC1CCCC(N=Nc2cn(CCCN(C)C)c(=O)c([NH+]3CCCCC3)c2C)C1. The Balaban J connectivity index is 1.87. The van der Waals surface area contributed by atoms with Gasteiger partial charge in [0, 0.05) is 25.4 Å². The molecule has 0 radical (unpaired) electrons. The van der Waals surface area contributed by atoms with Gasteiger partial charge in [-0.1, -0.05) is 0 Å². The predicted octanol–water partition coefficient (Wildman–Crippen LogP) is 3.29. The van der Waals surface area contributed by atoms with E-state index in [1.807, 2.05) is 17.7 Å². The van der Waals surface area contributed by atoms with Crippen LogP contribution in [0.15, 0.2) is 31.4 Å². The van der Waals surface area contributed by atoms with Crippen LogP contribution in [0, 0.1) is 6.92 Å². The van der Waals surface area contributed by atoms with E-state index in [0.717, 1.165) is 68.7 Å². The van der Waals surface area contributed by atoms with Crippen molar-refractivity contribution in [2.45, 2.75) is 76.9 Å². The smallest absolute Gasteiger partial charge is 0.309 e. The van der Waals surface area contributed by atoms with Gasteiger partial charge in [-0.15, -0.1) is 0 Å². The number of nitrogens with one attached hydrogen (secondary N) is 1. The Bertz CT molecular complexity index is 824. The molecule has 0 amide bonds. The number of pyridine rings is 1. The van der Waals surface area contributed by atoms with Crippen molar-refractivity contribution < 1.29 is 4.90 Å². The van der Waals surface area contributed by atoms with Gasteiger partial charge >= 0.3 is 5.56 Å². The summed E-state index contributed by atoms with van der Waals surface area (Å²) in [6, 6.07) is 0.445. The van der Waals surface area contributed by atoms with E-state index in [-0.39, 0.29) is 17.6 Å². The lowest BCUT2D eigenvalue weighted by atomic mass is 9.92. The second-order valence-corrected chi connectivity index (χ2v) is 9.34. The lowest BCUT2D eigenvalue weighted by Gasteiger charge is -2.25. The molecule has 1 aliphatic heterocycles. The summed E-state index contributed by atoms with van der Waals surface area (Å²) in [6.07, 6.45) is 10.6. The molecular formula is C23H40N7O+. The van der Waals surface area contributed by atoms with Gasteiger partial charge in [-0.2, -0.15) is 20.5 Å². The molecule has 172 valence electrons. The van der Waals surface area contributed by atoms with Gasteiger partial charge < -0.3 is 9.47 Å². The minimum Gasteiger partial charge on any atom is -0.309 e. The van der Waals surface area contributed by atoms with E-state index in [4.69, 9.17) is 10.2 Å². The van der Waals surface area contributed by atoms with Gasteiger partial charge in [-0.3, -0.25) is 9.69 Å². The van der Waals surface area contributed by atoms with Gasteiger partial charge in [0.2, 0.25) is 5.69 Å². The van der Waals surface area contributed by atoms with E-state index >= 15 is 0 Å². The highest BCUT2D eigenvalue weighted by Crippen LogP contribution is 2.27. The van der Waals surface area contributed by atoms with Crippen LogP contribution in [-0.2, 0) is 6.54 Å². The Labute approximate surface area is 186 Å². The van der Waals surface area contributed by atoms with Crippen LogP contribution < -0.4 is 10.5 Å². The predicted molar refractivity (Wildman–Crippen MR) is 124 cm³/mol. The van der Waals surface area contributed by atoms with Crippen LogP contribution in [0.3, 0.4) is 0 Å². The molecule has 2 fully saturated rings. The van der Waals surface area contributed by atoms with Gasteiger partial charge in [0.25, 0.3) is 0 Å². The first-order valence-corrected chi connectivity index (χ1v) is 11.9. The van der Waals surface area contributed by atoms with E-state index in [2.05, 4.69) is 29.2 Å². The van der Waals surface area contributed by atoms with Crippen molar-refractivity contribution in [2.75, 3.05) is 40.8 Å². The monoisotopic (exact) mass is 430 g/mol. The van der Waals surface area contributed by atoms with Crippen molar-refractivity contribution >= 4 is 11.4 Å². The van der Waals surface area contributed by atoms with Gasteiger partial charge in [0.05, 0.1) is 25.2 Å². The van der Waals surface area contributed by atoms with Crippen LogP contribution in [0.4, 0.5) is 11.4 Å². The Morgan fingerprint density at radius 3 is 2.48 bits per heavy atom. The average molecular weight is 431 g/mol. The fourth-order valence-electron chi connectivity index (χ4n) is 4.86. The van der Waals surface area contributed by atoms with Crippen LogP contribution in [-0.4, -0.2) is 62.3 Å². The third-order valence-corrected chi connectivity index (χ3v) is 6.55. The van der Waals surface area contributed by atoms with Crippen LogP contribution in [0.5, 0.6) is 0 Å². The normalized spacial score (nSPS) is 23.4. The van der Waals surface area contributed by atoms with Crippen molar-refractivity contribution in [3.8, 4) is 0 Å². The highest BCUT2D eigenvalue weighted by Gasteiger charge is 2.26. The number of quaternary nitrogens is 1. The number of hydrogen-bond acceptors (Lipinski definition) is 6. The first-order chi connectivity index (χ1) is 15.0. The minimum atomic E-state index is 0.146. The molecule has 2 atom stereocenters. The zero-order valence-electron chi connectivity index (χ0n) is 19.8. The maximum Gasteiger partial charge on any atom is 0.312 e. The van der Waals surface area contributed by atoms with Gasteiger partial charge in [0.15, 0.2) is 0 Å². The summed E-state index contributed by atoms with van der Waals surface area (Å²) in [5, 5.41) is 17.7. The van der Waals surface area contributed by atoms with Crippen molar-refractivity contribution in [1.82, 2.24) is 9.47 Å². The van der Waals surface area contributed by atoms with E-state index in [9.17, 15) is 4.79 Å². The number of rotatable bonds is 8. The summed E-state index contributed by atoms with van der Waals surface area (Å²) in [5.74, 6) is 0. The number of azo groups is 2. The number of nitrogens with zero attached hydrogens (tertiary/aromatic N) is 6. The Morgan fingerprint density at radius 2 is 1.81 bits per heavy atom. The van der Waals surface area contributed by atoms with Crippen molar-refractivity contribution in [1.29, 1.82) is 0 Å². The van der Waals surface area contributed by atoms with E-state index in [1.54, 1.807) is 7.05 Å². The van der Waals surface area contributed by atoms with Gasteiger partial charge in [-0.05, 0) is 78.9 Å². The Hall–Kier alpha value is -1.93. The minimum absolute atomic E-state index is 0.146. The van der Waals surface area contributed by atoms with E-state index in [1.165, 1.54) is 24.2 Å². The van der Waals surface area contributed by atoms with E-state index < -0.39 is 0 Å². The largest absolute Gasteiger partial charge is 0.312 e. The standard InChI is InChI=1S/C23H39N7O/c1-18-21(27-26-20-11-8-10-19(16-20)25-24-2)17-30(15-9-12-28(3)4)23(31)22(18)29-13-6-5-7-14-29/h17,19-20H,5-16H2,1-4H3/p+1. The molecule has 1 aromatic heterocycles. The molecule has 0 spiro atoms. The summed E-state index contributed by atoms with van der Waals surface area (Å²) in [4.78, 5) is 16.8. The Kier molecular flexibility index (Phi) is 8.90. The van der Waals surface area contributed by atoms with Crippen molar-refractivity contribution in [3.63, 3.8) is 0 Å². The molecule has 3 rings (SSSR count). The van der Waals surface area contributed by atoms with Crippen LogP contribution in [0.2, 0.25) is 0 Å². The fourth-order valence-corrected chi connectivity index (χ4v) is 4.86. The highest BCUT2D eigenvalue weighted by atomic mass is 16.1. The van der Waals surface area contributed by atoms with Gasteiger partial charge in [0.1, 0.15) is 5.69 Å². The quantitative estimate of drug-likeness (QED) is 0.642. The Morgan fingerprint density at radius 1 is 1.10 bits per heavy atom. The maximum atomic E-state index is 13.4. The van der Waals surface area contributed by atoms with Crippen molar-refractivity contribution in [3.05, 3.63) is 22.1 Å². The second-order valence-electron chi connectivity index (χ2n) is 9.34. The molecule has 1 aliphatic carbocycles. The number of hydrogen-bond donors (Lipinski definition) is 1. The molecule has 8 heteroatoms. The van der Waals surface area contributed by atoms with Crippen LogP contribution in [0.25, 0.3) is 0 Å². The first kappa shape index (κ1) is 23.7. The molecule has 1 aromatic rings. The lowest BCUT2D eigenvalue weighted by Crippen LogP contribution is -3.09. The maximum absolute atomic E-state index is 13.4. The summed E-state index contributed by atoms with van der Waals surface area (Å²) in [5.41, 5.74) is 2.89. The first-order valence-electron chi connectivity index (χ1n) is 11.9. The zero-order valence-corrected chi connectivity index (χ0v) is 19.8. The van der Waals surface area contributed by atoms with E-state index in [0.29, 0.717) is 6.54 Å². The molecule has 31 heavy (non-hydrogen) atoms. The summed E-state index contributed by atoms with van der Waals surface area (Å²) in [7, 11) is 5.87. The number of aryl methyl sites for hydroxylation is 1. The molecular weight excluding hydrogens is 390 g/mol. The number of piperidine rings is 1. The summed E-state index contributed by atoms with van der Waals surface area (Å²) >= 11 is 0. The highest BCUT2D eigenvalue weighted by molar-refractivity contribution is 5.53. The molecule has 2 aliphatic rings. The number of aromatic nitrogens is 1.